The fourth-order valence-electron chi connectivity index (χ4n) is 0.553. The van der Waals surface area contributed by atoms with Crippen molar-refractivity contribution in [3.05, 3.63) is 0 Å². The second kappa shape index (κ2) is 7.43. The van der Waals surface area contributed by atoms with Crippen LogP contribution in [-0.4, -0.2) is 56.6 Å². The summed E-state index contributed by atoms with van der Waals surface area (Å²) in [5, 5.41) is 18.4. The molecule has 0 aromatic carbocycles. The molecule has 0 fully saturated rings. The predicted molar refractivity (Wildman–Crippen MR) is 52.1 cm³/mol. The van der Waals surface area contributed by atoms with Gasteiger partial charge in [0.1, 0.15) is 12.2 Å². The molecule has 0 aliphatic carbocycles. The molecule has 0 bridgehead atoms. The summed E-state index contributed by atoms with van der Waals surface area (Å²) < 4.78 is 30.0. The average molecular weight is 246 g/mol. The monoisotopic (exact) mass is 246 g/mol. The molecule has 2 unspecified atom stereocenters. The highest BCUT2D eigenvalue weighted by atomic mass is 32.2. The molecule has 0 aliphatic rings. The van der Waals surface area contributed by atoms with Gasteiger partial charge in [-0.3, -0.25) is 8.37 Å². The first-order valence-corrected chi connectivity index (χ1v) is 6.69. The van der Waals surface area contributed by atoms with Crippen LogP contribution in [0.3, 0.4) is 0 Å². The normalized spacial score (nSPS) is 20.0. The second-order valence-corrected chi connectivity index (χ2v) is 4.58. The Hall–Kier alpha value is 0.140. The molecular formula is C6H14O6S2. The van der Waals surface area contributed by atoms with Crippen molar-refractivity contribution in [2.75, 3.05) is 25.7 Å². The Bertz CT molecular complexity index is 186. The van der Waals surface area contributed by atoms with Crippen LogP contribution in [0.1, 0.15) is 0 Å². The molecule has 14 heavy (non-hydrogen) atoms. The summed E-state index contributed by atoms with van der Waals surface area (Å²) >= 11 is -2.97. The van der Waals surface area contributed by atoms with Gasteiger partial charge in [0, 0.05) is 12.5 Å². The third-order valence-corrected chi connectivity index (χ3v) is 2.19. The summed E-state index contributed by atoms with van der Waals surface area (Å²) in [6.07, 6.45) is 0.192. The molecule has 0 aliphatic heterocycles. The average Bonchev–Trinajstić information content (AvgIpc) is 2.09. The minimum atomic E-state index is -1.49. The molecule has 0 radical (unpaired) electrons. The van der Waals surface area contributed by atoms with E-state index in [1.54, 1.807) is 0 Å². The Morgan fingerprint density at radius 2 is 1.29 bits per heavy atom. The van der Waals surface area contributed by atoms with Gasteiger partial charge < -0.3 is 10.2 Å². The van der Waals surface area contributed by atoms with E-state index in [0.717, 1.165) is 0 Å². The van der Waals surface area contributed by atoms with Gasteiger partial charge in [-0.1, -0.05) is 0 Å². The summed E-state index contributed by atoms with van der Waals surface area (Å²) in [5.41, 5.74) is 0. The number of aliphatic hydroxyl groups excluding tert-OH is 2. The SMILES string of the molecule is CS(=O)OC[C@H](O)[C@@H](O)COS(C)=O. The zero-order chi connectivity index (χ0) is 11.1. The number of rotatable bonds is 7. The number of hydrogen-bond donors (Lipinski definition) is 2. The van der Waals surface area contributed by atoms with E-state index in [-0.39, 0.29) is 13.2 Å². The molecule has 2 N–H and O–H groups in total. The molecular weight excluding hydrogens is 232 g/mol. The Morgan fingerprint density at radius 3 is 1.50 bits per heavy atom. The van der Waals surface area contributed by atoms with Crippen LogP contribution in [0.4, 0.5) is 0 Å². The first-order chi connectivity index (χ1) is 6.43. The van der Waals surface area contributed by atoms with Crippen LogP contribution in [0.2, 0.25) is 0 Å². The molecule has 0 aromatic rings. The third kappa shape index (κ3) is 7.54. The second-order valence-electron chi connectivity index (χ2n) is 2.51. The molecule has 0 rings (SSSR count). The van der Waals surface area contributed by atoms with Crippen molar-refractivity contribution >= 4 is 22.2 Å². The summed E-state index contributed by atoms with van der Waals surface area (Å²) in [5.74, 6) is 0. The van der Waals surface area contributed by atoms with Crippen LogP contribution in [-0.2, 0) is 30.5 Å². The van der Waals surface area contributed by atoms with Crippen molar-refractivity contribution in [2.45, 2.75) is 12.2 Å². The van der Waals surface area contributed by atoms with Gasteiger partial charge in [-0.15, -0.1) is 0 Å². The molecule has 0 saturated heterocycles. The van der Waals surface area contributed by atoms with E-state index in [1.165, 1.54) is 12.5 Å². The van der Waals surface area contributed by atoms with Gasteiger partial charge in [-0.25, -0.2) is 8.42 Å². The summed E-state index contributed by atoms with van der Waals surface area (Å²) in [4.78, 5) is 0. The molecule has 0 amide bonds. The van der Waals surface area contributed by atoms with Crippen molar-refractivity contribution < 1.29 is 27.0 Å². The van der Waals surface area contributed by atoms with Gasteiger partial charge >= 0.3 is 0 Å². The van der Waals surface area contributed by atoms with E-state index in [2.05, 4.69) is 8.37 Å². The molecule has 0 aromatic heterocycles. The van der Waals surface area contributed by atoms with Gasteiger partial charge in [-0.05, 0) is 0 Å². The Kier molecular flexibility index (Phi) is 7.51. The molecule has 0 spiro atoms. The van der Waals surface area contributed by atoms with Gasteiger partial charge in [-0.2, -0.15) is 0 Å². The van der Waals surface area contributed by atoms with Crippen molar-refractivity contribution in [3.8, 4) is 0 Å². The molecule has 4 atom stereocenters. The Balaban J connectivity index is 3.69. The van der Waals surface area contributed by atoms with E-state index >= 15 is 0 Å². The Morgan fingerprint density at radius 1 is 1.00 bits per heavy atom. The maximum Gasteiger partial charge on any atom is 0.152 e. The lowest BCUT2D eigenvalue weighted by Crippen LogP contribution is -2.34. The van der Waals surface area contributed by atoms with Gasteiger partial charge in [0.25, 0.3) is 0 Å². The quantitative estimate of drug-likeness (QED) is 0.558. The lowest BCUT2D eigenvalue weighted by Gasteiger charge is -2.15. The third-order valence-electron chi connectivity index (χ3n) is 1.25. The van der Waals surface area contributed by atoms with Crippen LogP contribution in [0.5, 0.6) is 0 Å². The molecule has 0 saturated carbocycles. The van der Waals surface area contributed by atoms with Crippen molar-refractivity contribution in [1.29, 1.82) is 0 Å². The maximum absolute atomic E-state index is 10.5. The smallest absolute Gasteiger partial charge is 0.152 e. The standard InChI is InChI=1S/C6H14O6S2/c1-13(9)11-3-5(7)6(8)4-12-14(2)10/h5-8H,3-4H2,1-2H3/t5-,6-,13?,14?/m0/s1. The Labute approximate surface area is 87.5 Å². The highest BCUT2D eigenvalue weighted by Crippen LogP contribution is 1.97. The minimum Gasteiger partial charge on any atom is -0.388 e. The zero-order valence-electron chi connectivity index (χ0n) is 7.91. The van der Waals surface area contributed by atoms with Crippen LogP contribution in [0, 0.1) is 0 Å². The lowest BCUT2D eigenvalue weighted by atomic mass is 10.2. The van der Waals surface area contributed by atoms with E-state index < -0.39 is 34.4 Å². The van der Waals surface area contributed by atoms with Crippen LogP contribution >= 0.6 is 0 Å². The van der Waals surface area contributed by atoms with Gasteiger partial charge in [0.05, 0.1) is 13.2 Å². The molecule has 86 valence electrons. The fraction of sp³-hybridized carbons (Fsp3) is 1.00. The van der Waals surface area contributed by atoms with Crippen molar-refractivity contribution in [3.63, 3.8) is 0 Å². The fourth-order valence-corrected chi connectivity index (χ4v) is 1.22. The predicted octanol–water partition coefficient (Wildman–Crippen LogP) is -1.67. The summed E-state index contributed by atoms with van der Waals surface area (Å²) in [6, 6.07) is 0. The van der Waals surface area contributed by atoms with Crippen LogP contribution in [0.15, 0.2) is 0 Å². The maximum atomic E-state index is 10.5. The van der Waals surface area contributed by atoms with Crippen LogP contribution < -0.4 is 0 Å². The van der Waals surface area contributed by atoms with E-state index in [9.17, 15) is 18.6 Å². The molecule has 0 heterocycles. The largest absolute Gasteiger partial charge is 0.388 e. The van der Waals surface area contributed by atoms with Crippen LogP contribution in [0.25, 0.3) is 0 Å². The molecule has 8 heteroatoms. The van der Waals surface area contributed by atoms with Gasteiger partial charge in [0.2, 0.25) is 0 Å². The van der Waals surface area contributed by atoms with E-state index in [1.807, 2.05) is 0 Å². The minimum absolute atomic E-state index is 0.260. The molecule has 6 nitrogen and oxygen atoms in total. The summed E-state index contributed by atoms with van der Waals surface area (Å²) in [6.45, 7) is -0.520. The van der Waals surface area contributed by atoms with Crippen molar-refractivity contribution in [1.82, 2.24) is 0 Å². The number of hydrogen-bond acceptors (Lipinski definition) is 6. The first-order valence-electron chi connectivity index (χ1n) is 3.73. The zero-order valence-corrected chi connectivity index (χ0v) is 9.55. The summed E-state index contributed by atoms with van der Waals surface area (Å²) in [7, 11) is 0. The topological polar surface area (TPSA) is 93.1 Å². The van der Waals surface area contributed by atoms with Crippen molar-refractivity contribution in [2.24, 2.45) is 0 Å². The van der Waals surface area contributed by atoms with E-state index in [0.29, 0.717) is 0 Å². The first kappa shape index (κ1) is 14.1. The number of aliphatic hydroxyl groups is 2. The van der Waals surface area contributed by atoms with Gasteiger partial charge in [0.15, 0.2) is 22.2 Å². The highest BCUT2D eigenvalue weighted by molar-refractivity contribution is 7.79. The van der Waals surface area contributed by atoms with E-state index in [4.69, 9.17) is 0 Å². The highest BCUT2D eigenvalue weighted by Gasteiger charge is 2.17. The lowest BCUT2D eigenvalue weighted by molar-refractivity contribution is -0.0244.